The van der Waals surface area contributed by atoms with Crippen LogP contribution in [0.15, 0.2) is 78.9 Å². The summed E-state index contributed by atoms with van der Waals surface area (Å²) >= 11 is 6.42. The van der Waals surface area contributed by atoms with Crippen molar-refractivity contribution in [3.63, 3.8) is 0 Å². The van der Waals surface area contributed by atoms with Gasteiger partial charge in [0, 0.05) is 0 Å². The Morgan fingerprint density at radius 3 is 1.83 bits per heavy atom. The first kappa shape index (κ1) is 16.1. The monoisotopic (exact) mass is 346 g/mol. The third-order valence-corrected chi connectivity index (χ3v) is 6.79. The summed E-state index contributed by atoms with van der Waals surface area (Å²) in [5, 5.41) is 0.114. The molecule has 5 heteroatoms. The molecule has 118 valence electrons. The van der Waals surface area contributed by atoms with Gasteiger partial charge in [0.15, 0.2) is 0 Å². The van der Waals surface area contributed by atoms with Gasteiger partial charge in [-0.05, 0) is 0 Å². The first-order valence-electron chi connectivity index (χ1n) is 7.05. The molecule has 0 saturated heterocycles. The summed E-state index contributed by atoms with van der Waals surface area (Å²) in [4.78, 5) is 32.2. The molecule has 0 aromatic heterocycles. The van der Waals surface area contributed by atoms with Crippen LogP contribution in [0.2, 0.25) is 5.02 Å². The van der Waals surface area contributed by atoms with Crippen LogP contribution in [-0.4, -0.2) is 14.7 Å². The molecule has 0 aliphatic carbocycles. The molecular formula is C18H16ClO3P. The molecule has 3 aromatic rings. The van der Waals surface area contributed by atoms with Crippen molar-refractivity contribution in [2.45, 2.75) is 0 Å². The number of benzene rings is 3. The van der Waals surface area contributed by atoms with Crippen molar-refractivity contribution < 1.29 is 14.7 Å². The topological polar surface area (TPSA) is 60.7 Å². The van der Waals surface area contributed by atoms with Crippen LogP contribution < -0.4 is 10.6 Å². The Morgan fingerprint density at radius 1 is 0.652 bits per heavy atom. The van der Waals surface area contributed by atoms with E-state index in [0.717, 1.165) is 5.56 Å². The van der Waals surface area contributed by atoms with E-state index < -0.39 is 7.28 Å². The minimum atomic E-state index is -5.28. The van der Waals surface area contributed by atoms with Gasteiger partial charge in [-0.2, -0.15) is 0 Å². The van der Waals surface area contributed by atoms with Crippen molar-refractivity contribution in [3.8, 4) is 11.1 Å². The zero-order valence-corrected chi connectivity index (χ0v) is 13.8. The summed E-state index contributed by atoms with van der Waals surface area (Å²) in [6, 6.07) is 22.2. The van der Waals surface area contributed by atoms with Gasteiger partial charge in [0.1, 0.15) is 0 Å². The molecule has 3 aromatic carbocycles. The summed E-state index contributed by atoms with van der Waals surface area (Å²) in [5.74, 6) is 0. The standard InChI is InChI=1S/C18H16ClO3P/c19-18-16(14-8-3-1-4-9-14)12-7-13-17(18)23(20,21,22)15-10-5-2-6-11-15/h1-13,20-22H. The van der Waals surface area contributed by atoms with Crippen LogP contribution in [0.3, 0.4) is 0 Å². The van der Waals surface area contributed by atoms with Crippen molar-refractivity contribution in [3.05, 3.63) is 83.9 Å². The van der Waals surface area contributed by atoms with Crippen molar-refractivity contribution in [1.82, 2.24) is 0 Å². The van der Waals surface area contributed by atoms with E-state index in [9.17, 15) is 14.7 Å². The van der Waals surface area contributed by atoms with Gasteiger partial charge in [0.2, 0.25) is 0 Å². The molecule has 0 aliphatic heterocycles. The normalized spacial score (nSPS) is 13.3. The van der Waals surface area contributed by atoms with E-state index in [-0.39, 0.29) is 15.6 Å². The third kappa shape index (κ3) is 2.90. The fraction of sp³-hybridized carbons (Fsp3) is 0. The Labute approximate surface area is 139 Å². The summed E-state index contributed by atoms with van der Waals surface area (Å²) in [6.45, 7) is 0. The quantitative estimate of drug-likeness (QED) is 0.638. The van der Waals surface area contributed by atoms with Gasteiger partial charge in [-0.25, -0.2) is 0 Å². The van der Waals surface area contributed by atoms with Gasteiger partial charge in [0.25, 0.3) is 0 Å². The maximum absolute atomic E-state index is 10.7. The first-order chi connectivity index (χ1) is 10.9. The van der Waals surface area contributed by atoms with Gasteiger partial charge < -0.3 is 0 Å². The van der Waals surface area contributed by atoms with E-state index in [0.29, 0.717) is 5.56 Å². The fourth-order valence-electron chi connectivity index (χ4n) is 2.52. The van der Waals surface area contributed by atoms with E-state index >= 15 is 0 Å². The second-order valence-electron chi connectivity index (χ2n) is 5.32. The van der Waals surface area contributed by atoms with E-state index in [1.54, 1.807) is 30.3 Å². The van der Waals surface area contributed by atoms with Crippen LogP contribution in [-0.2, 0) is 0 Å². The molecule has 23 heavy (non-hydrogen) atoms. The van der Waals surface area contributed by atoms with E-state index in [1.807, 2.05) is 30.3 Å². The summed E-state index contributed by atoms with van der Waals surface area (Å²) in [5.41, 5.74) is 1.46. The van der Waals surface area contributed by atoms with Gasteiger partial charge in [-0.15, -0.1) is 0 Å². The molecule has 0 unspecified atom stereocenters. The van der Waals surface area contributed by atoms with Gasteiger partial charge in [-0.3, -0.25) is 0 Å². The molecule has 0 fully saturated rings. The summed E-state index contributed by atoms with van der Waals surface area (Å²) in [7, 11) is -5.28. The van der Waals surface area contributed by atoms with Crippen LogP contribution in [0, 0.1) is 0 Å². The second kappa shape index (κ2) is 5.72. The van der Waals surface area contributed by atoms with Crippen LogP contribution in [0.4, 0.5) is 0 Å². The Morgan fingerprint density at radius 2 is 1.22 bits per heavy atom. The van der Waals surface area contributed by atoms with Gasteiger partial charge in [0.05, 0.1) is 0 Å². The molecular weight excluding hydrogens is 331 g/mol. The molecule has 3 N–H and O–H groups in total. The molecule has 3 rings (SSSR count). The van der Waals surface area contributed by atoms with Crippen LogP contribution in [0.25, 0.3) is 11.1 Å². The van der Waals surface area contributed by atoms with Crippen LogP contribution in [0.5, 0.6) is 0 Å². The Kier molecular flexibility index (Phi) is 4.01. The summed E-state index contributed by atoms with van der Waals surface area (Å²) < 4.78 is 0. The van der Waals surface area contributed by atoms with E-state index in [4.69, 9.17) is 11.6 Å². The van der Waals surface area contributed by atoms with E-state index in [2.05, 4.69) is 0 Å². The Balaban J connectivity index is 2.22. The van der Waals surface area contributed by atoms with E-state index in [1.165, 1.54) is 18.2 Å². The predicted molar refractivity (Wildman–Crippen MR) is 96.2 cm³/mol. The van der Waals surface area contributed by atoms with Crippen LogP contribution >= 0.6 is 18.9 Å². The van der Waals surface area contributed by atoms with Crippen molar-refractivity contribution >= 4 is 29.5 Å². The molecule has 0 spiro atoms. The Bertz CT molecular complexity index is 827. The second-order valence-corrected chi connectivity index (χ2v) is 8.66. The van der Waals surface area contributed by atoms with Crippen LogP contribution in [0.1, 0.15) is 0 Å². The zero-order valence-electron chi connectivity index (χ0n) is 12.2. The average Bonchev–Trinajstić information content (AvgIpc) is 2.56. The number of hydrogen-bond donors (Lipinski definition) is 3. The molecule has 0 bridgehead atoms. The minimum absolute atomic E-state index is 0.0469. The molecule has 0 saturated carbocycles. The number of hydrogen-bond acceptors (Lipinski definition) is 3. The van der Waals surface area contributed by atoms with Crippen molar-refractivity contribution in [2.24, 2.45) is 0 Å². The average molecular weight is 347 g/mol. The Hall–Kier alpha value is -1.74. The molecule has 0 atom stereocenters. The molecule has 0 radical (unpaired) electrons. The van der Waals surface area contributed by atoms with Crippen molar-refractivity contribution in [2.75, 3.05) is 0 Å². The molecule has 0 aliphatic rings. The number of rotatable bonds is 3. The first-order valence-corrected chi connectivity index (χ1v) is 9.52. The van der Waals surface area contributed by atoms with Gasteiger partial charge in [-0.1, -0.05) is 0 Å². The molecule has 0 heterocycles. The SMILES string of the molecule is OP(O)(O)(c1ccccc1)c1cccc(-c2ccccc2)c1Cl. The fourth-order valence-corrected chi connectivity index (χ4v) is 5.06. The number of halogens is 1. The molecule has 0 amide bonds. The van der Waals surface area contributed by atoms with Crippen molar-refractivity contribution in [1.29, 1.82) is 0 Å². The zero-order chi connectivity index (χ0) is 16.5. The summed E-state index contributed by atoms with van der Waals surface area (Å²) in [6.07, 6.45) is 0. The maximum atomic E-state index is 10.7. The van der Waals surface area contributed by atoms with Gasteiger partial charge >= 0.3 is 139 Å². The predicted octanol–water partition coefficient (Wildman–Crippen LogP) is 3.23. The third-order valence-electron chi connectivity index (χ3n) is 3.74. The molecule has 3 nitrogen and oxygen atoms in total.